The summed E-state index contributed by atoms with van der Waals surface area (Å²) >= 11 is 0. The Morgan fingerprint density at radius 2 is 2.25 bits per heavy atom. The summed E-state index contributed by atoms with van der Waals surface area (Å²) in [5, 5.41) is 14.8. The van der Waals surface area contributed by atoms with Gasteiger partial charge in [0.15, 0.2) is 6.29 Å². The van der Waals surface area contributed by atoms with E-state index in [1.54, 1.807) is 24.3 Å². The van der Waals surface area contributed by atoms with Crippen molar-refractivity contribution < 1.29 is 9.59 Å². The van der Waals surface area contributed by atoms with Gasteiger partial charge in [-0.2, -0.15) is 5.26 Å². The second-order valence-electron chi connectivity index (χ2n) is 5.44. The standard InChI is InChI=1S/C17H15N5O2/c18-8-11-3-6-15(20-9-11)22-17(24)13-2-1-7-19-14-5-4-12(10-23)21-16(13)14/h3-6,9-10,13,19H,1-2,7H2,(H,20,22,24). The topological polar surface area (TPSA) is 108 Å². The second-order valence-corrected chi connectivity index (χ2v) is 5.44. The molecule has 2 aromatic heterocycles. The third kappa shape index (κ3) is 3.22. The maximum absolute atomic E-state index is 12.7. The Hall–Kier alpha value is -3.27. The Bertz CT molecular complexity index is 811. The van der Waals surface area contributed by atoms with E-state index >= 15 is 0 Å². The van der Waals surface area contributed by atoms with Crippen molar-refractivity contribution >= 4 is 23.7 Å². The number of rotatable bonds is 3. The van der Waals surface area contributed by atoms with Gasteiger partial charge in [-0.05, 0) is 37.1 Å². The van der Waals surface area contributed by atoms with Crippen LogP contribution >= 0.6 is 0 Å². The van der Waals surface area contributed by atoms with Crippen LogP contribution in [0.2, 0.25) is 0 Å². The molecule has 0 aliphatic carbocycles. The highest BCUT2D eigenvalue weighted by molar-refractivity contribution is 5.96. The van der Waals surface area contributed by atoms with Crippen molar-refractivity contribution in [2.45, 2.75) is 18.8 Å². The molecule has 24 heavy (non-hydrogen) atoms. The van der Waals surface area contributed by atoms with E-state index in [4.69, 9.17) is 5.26 Å². The SMILES string of the molecule is N#Cc1ccc(NC(=O)C2CCCNc3ccc(C=O)nc32)nc1. The fourth-order valence-electron chi connectivity index (χ4n) is 2.64. The minimum atomic E-state index is -0.465. The Labute approximate surface area is 138 Å². The summed E-state index contributed by atoms with van der Waals surface area (Å²) in [4.78, 5) is 32.0. The number of nitriles is 1. The van der Waals surface area contributed by atoms with Crippen LogP contribution in [0.5, 0.6) is 0 Å². The maximum atomic E-state index is 12.7. The van der Waals surface area contributed by atoms with E-state index in [9.17, 15) is 9.59 Å². The molecule has 0 fully saturated rings. The van der Waals surface area contributed by atoms with Crippen LogP contribution in [-0.2, 0) is 4.79 Å². The molecule has 1 aliphatic heterocycles. The Morgan fingerprint density at radius 3 is 2.96 bits per heavy atom. The predicted octanol–water partition coefficient (Wildman–Crippen LogP) is 2.09. The molecule has 0 saturated carbocycles. The van der Waals surface area contributed by atoms with E-state index in [0.717, 1.165) is 18.7 Å². The fraction of sp³-hybridized carbons (Fsp3) is 0.235. The van der Waals surface area contributed by atoms with Gasteiger partial charge in [0.05, 0.1) is 22.9 Å². The summed E-state index contributed by atoms with van der Waals surface area (Å²) in [6.07, 6.45) is 3.51. The smallest absolute Gasteiger partial charge is 0.234 e. The molecule has 2 N–H and O–H groups in total. The van der Waals surface area contributed by atoms with Crippen LogP contribution in [0.1, 0.15) is 40.5 Å². The number of amides is 1. The number of fused-ring (bicyclic) bond motifs is 1. The summed E-state index contributed by atoms with van der Waals surface area (Å²) in [7, 11) is 0. The van der Waals surface area contributed by atoms with Crippen LogP contribution in [0.3, 0.4) is 0 Å². The van der Waals surface area contributed by atoms with Gasteiger partial charge in [-0.3, -0.25) is 9.59 Å². The van der Waals surface area contributed by atoms with Crippen molar-refractivity contribution in [3.05, 3.63) is 47.4 Å². The van der Waals surface area contributed by atoms with Gasteiger partial charge >= 0.3 is 0 Å². The first kappa shape index (κ1) is 15.6. The van der Waals surface area contributed by atoms with Gasteiger partial charge in [0, 0.05) is 12.7 Å². The van der Waals surface area contributed by atoms with Gasteiger partial charge in [0.2, 0.25) is 5.91 Å². The molecule has 1 unspecified atom stereocenters. The number of aromatic nitrogens is 2. The van der Waals surface area contributed by atoms with Gasteiger partial charge in [0.1, 0.15) is 17.6 Å². The number of nitrogens with one attached hydrogen (secondary N) is 2. The average molecular weight is 321 g/mol. The highest BCUT2D eigenvalue weighted by atomic mass is 16.2. The number of aldehydes is 1. The zero-order chi connectivity index (χ0) is 16.9. The van der Waals surface area contributed by atoms with Crippen LogP contribution < -0.4 is 10.6 Å². The molecule has 120 valence electrons. The van der Waals surface area contributed by atoms with Crippen LogP contribution in [0.4, 0.5) is 11.5 Å². The highest BCUT2D eigenvalue weighted by Crippen LogP contribution is 2.30. The molecule has 7 nitrogen and oxygen atoms in total. The van der Waals surface area contributed by atoms with Gasteiger partial charge < -0.3 is 10.6 Å². The molecule has 0 spiro atoms. The van der Waals surface area contributed by atoms with Crippen molar-refractivity contribution in [2.24, 2.45) is 0 Å². The number of carbonyl (C=O) groups excluding carboxylic acids is 2. The molecular formula is C17H15N5O2. The highest BCUT2D eigenvalue weighted by Gasteiger charge is 2.27. The van der Waals surface area contributed by atoms with E-state index < -0.39 is 5.92 Å². The normalized spacial score (nSPS) is 16.0. The zero-order valence-electron chi connectivity index (χ0n) is 12.8. The first-order chi connectivity index (χ1) is 11.7. The molecule has 0 radical (unpaired) electrons. The van der Waals surface area contributed by atoms with E-state index in [0.29, 0.717) is 35.5 Å². The number of pyridine rings is 2. The lowest BCUT2D eigenvalue weighted by Gasteiger charge is -2.16. The number of nitrogens with zero attached hydrogens (tertiary/aromatic N) is 3. The lowest BCUT2D eigenvalue weighted by atomic mass is 9.97. The Kier molecular flexibility index (Phi) is 4.47. The van der Waals surface area contributed by atoms with Crippen molar-refractivity contribution in [1.29, 1.82) is 5.26 Å². The first-order valence-corrected chi connectivity index (χ1v) is 7.58. The molecule has 0 saturated heterocycles. The van der Waals surface area contributed by atoms with Crippen molar-refractivity contribution in [3.63, 3.8) is 0 Å². The number of anilines is 2. The number of hydrogen-bond donors (Lipinski definition) is 2. The van der Waals surface area contributed by atoms with E-state index in [1.807, 2.05) is 6.07 Å². The van der Waals surface area contributed by atoms with E-state index in [1.165, 1.54) is 6.20 Å². The summed E-state index contributed by atoms with van der Waals surface area (Å²) in [5.41, 5.74) is 2.07. The minimum Gasteiger partial charge on any atom is -0.384 e. The van der Waals surface area contributed by atoms with Crippen molar-refractivity contribution in [3.8, 4) is 6.07 Å². The summed E-state index contributed by atoms with van der Waals surface area (Å²) in [6.45, 7) is 0.744. The molecule has 0 aromatic carbocycles. The van der Waals surface area contributed by atoms with Crippen molar-refractivity contribution in [2.75, 3.05) is 17.2 Å². The third-order valence-electron chi connectivity index (χ3n) is 3.84. The molecule has 0 bridgehead atoms. The molecule has 1 aliphatic rings. The molecule has 1 amide bonds. The zero-order valence-corrected chi connectivity index (χ0v) is 12.8. The van der Waals surface area contributed by atoms with Crippen LogP contribution in [0.15, 0.2) is 30.5 Å². The first-order valence-electron chi connectivity index (χ1n) is 7.58. The van der Waals surface area contributed by atoms with Crippen molar-refractivity contribution in [1.82, 2.24) is 9.97 Å². The molecule has 1 atom stereocenters. The molecule has 3 rings (SSSR count). The van der Waals surface area contributed by atoms with Gasteiger partial charge in [-0.25, -0.2) is 9.97 Å². The molecular weight excluding hydrogens is 306 g/mol. The Morgan fingerprint density at radius 1 is 1.38 bits per heavy atom. The largest absolute Gasteiger partial charge is 0.384 e. The summed E-state index contributed by atoms with van der Waals surface area (Å²) in [5.74, 6) is -0.315. The van der Waals surface area contributed by atoms with E-state index in [2.05, 4.69) is 20.6 Å². The lowest BCUT2D eigenvalue weighted by molar-refractivity contribution is -0.117. The van der Waals surface area contributed by atoms with Gasteiger partial charge in [0.25, 0.3) is 0 Å². The number of carbonyl (C=O) groups is 2. The van der Waals surface area contributed by atoms with Crippen LogP contribution in [0, 0.1) is 11.3 Å². The molecule has 2 aromatic rings. The summed E-state index contributed by atoms with van der Waals surface area (Å²) in [6, 6.07) is 8.56. The fourth-order valence-corrected chi connectivity index (χ4v) is 2.64. The maximum Gasteiger partial charge on any atom is 0.234 e. The van der Waals surface area contributed by atoms with Gasteiger partial charge in [-0.15, -0.1) is 0 Å². The van der Waals surface area contributed by atoms with Gasteiger partial charge in [-0.1, -0.05) is 0 Å². The quantitative estimate of drug-likeness (QED) is 0.838. The third-order valence-corrected chi connectivity index (χ3v) is 3.84. The minimum absolute atomic E-state index is 0.229. The second kappa shape index (κ2) is 6.87. The molecule has 3 heterocycles. The average Bonchev–Trinajstić information content (AvgIpc) is 2.84. The van der Waals surface area contributed by atoms with E-state index in [-0.39, 0.29) is 5.91 Å². The molecule has 7 heteroatoms. The van der Waals surface area contributed by atoms with Crippen LogP contribution in [0.25, 0.3) is 0 Å². The van der Waals surface area contributed by atoms with Crippen LogP contribution in [-0.4, -0.2) is 28.7 Å². The predicted molar refractivity (Wildman–Crippen MR) is 87.7 cm³/mol. The summed E-state index contributed by atoms with van der Waals surface area (Å²) < 4.78 is 0. The Balaban J connectivity index is 1.86. The number of hydrogen-bond acceptors (Lipinski definition) is 6. The lowest BCUT2D eigenvalue weighted by Crippen LogP contribution is -2.22. The monoisotopic (exact) mass is 321 g/mol.